The summed E-state index contributed by atoms with van der Waals surface area (Å²) in [6.07, 6.45) is 8.41. The van der Waals surface area contributed by atoms with E-state index in [1.165, 1.54) is 30.6 Å². The highest BCUT2D eigenvalue weighted by Crippen LogP contribution is 2.34. The Labute approximate surface area is 163 Å². The largest absolute Gasteiger partial charge is 0.370 e. The number of pyridine rings is 1. The van der Waals surface area contributed by atoms with Gasteiger partial charge < -0.3 is 4.74 Å². The molecule has 3 aromatic rings. The van der Waals surface area contributed by atoms with Crippen LogP contribution in [0.4, 0.5) is 0 Å². The van der Waals surface area contributed by atoms with Gasteiger partial charge in [-0.2, -0.15) is 0 Å². The first-order valence-corrected chi connectivity index (χ1v) is 10.7. The summed E-state index contributed by atoms with van der Waals surface area (Å²) >= 11 is 1.47. The van der Waals surface area contributed by atoms with Crippen molar-refractivity contribution in [3.05, 3.63) is 34.0 Å². The smallest absolute Gasteiger partial charge is 0.271 e. The van der Waals surface area contributed by atoms with E-state index in [-0.39, 0.29) is 11.2 Å². The van der Waals surface area contributed by atoms with E-state index >= 15 is 0 Å². The molecular formula is C21H27N3O2S. The van der Waals surface area contributed by atoms with Crippen LogP contribution >= 0.6 is 11.3 Å². The standard InChI is InChI=1S/C21H27N3O2S/c1-4-5-6-7-8-9-24-13-22-17-15-10-14-12-26-21(2,3)11-16(14)23-19(15)27-18(17)20(24)25/h10,13H,4-9,11-12H2,1-3H3. The first-order chi connectivity index (χ1) is 13.0. The van der Waals surface area contributed by atoms with Crippen LogP contribution in [0, 0.1) is 0 Å². The minimum atomic E-state index is -0.187. The minimum absolute atomic E-state index is 0.0630. The average Bonchev–Trinajstić information content (AvgIpc) is 2.99. The molecule has 0 fully saturated rings. The van der Waals surface area contributed by atoms with Crippen molar-refractivity contribution in [2.24, 2.45) is 0 Å². The highest BCUT2D eigenvalue weighted by molar-refractivity contribution is 7.25. The van der Waals surface area contributed by atoms with Gasteiger partial charge in [0.25, 0.3) is 5.56 Å². The van der Waals surface area contributed by atoms with E-state index in [0.29, 0.717) is 6.61 Å². The lowest BCUT2D eigenvalue weighted by Gasteiger charge is -2.30. The number of unbranched alkanes of at least 4 members (excludes halogenated alkanes) is 4. The van der Waals surface area contributed by atoms with Crippen molar-refractivity contribution >= 4 is 31.8 Å². The van der Waals surface area contributed by atoms with Crippen LogP contribution in [0.3, 0.4) is 0 Å². The van der Waals surface area contributed by atoms with E-state index in [0.717, 1.165) is 57.5 Å². The molecule has 27 heavy (non-hydrogen) atoms. The van der Waals surface area contributed by atoms with Crippen molar-refractivity contribution in [3.63, 3.8) is 0 Å². The first-order valence-electron chi connectivity index (χ1n) is 9.93. The van der Waals surface area contributed by atoms with E-state index in [1.807, 2.05) is 0 Å². The average molecular weight is 386 g/mol. The second kappa shape index (κ2) is 7.32. The molecule has 0 atom stereocenters. The Balaban J connectivity index is 1.67. The van der Waals surface area contributed by atoms with Gasteiger partial charge in [0.05, 0.1) is 29.7 Å². The fourth-order valence-electron chi connectivity index (χ4n) is 3.72. The minimum Gasteiger partial charge on any atom is -0.370 e. The van der Waals surface area contributed by atoms with Crippen LogP contribution in [-0.2, 0) is 24.3 Å². The molecule has 0 aromatic carbocycles. The Morgan fingerprint density at radius 1 is 1.26 bits per heavy atom. The molecule has 0 aliphatic carbocycles. The molecule has 0 spiro atoms. The quantitative estimate of drug-likeness (QED) is 0.570. The maximum atomic E-state index is 12.9. The van der Waals surface area contributed by atoms with Crippen molar-refractivity contribution in [1.82, 2.24) is 14.5 Å². The van der Waals surface area contributed by atoms with Gasteiger partial charge in [0, 0.05) is 23.9 Å². The molecule has 4 heterocycles. The molecule has 0 saturated carbocycles. The second-order valence-corrected chi connectivity index (χ2v) is 9.11. The van der Waals surface area contributed by atoms with Crippen molar-refractivity contribution in [2.45, 2.75) is 78.0 Å². The number of thiophene rings is 1. The summed E-state index contributed by atoms with van der Waals surface area (Å²) in [5, 5.41) is 0.976. The summed E-state index contributed by atoms with van der Waals surface area (Å²) in [6.45, 7) is 7.70. The molecule has 3 aromatic heterocycles. The van der Waals surface area contributed by atoms with Crippen molar-refractivity contribution in [1.29, 1.82) is 0 Å². The van der Waals surface area contributed by atoms with Crippen LogP contribution in [0.25, 0.3) is 20.4 Å². The fraction of sp³-hybridized carbons (Fsp3) is 0.571. The zero-order valence-electron chi connectivity index (χ0n) is 16.4. The lowest BCUT2D eigenvalue weighted by Crippen LogP contribution is -2.32. The van der Waals surface area contributed by atoms with Gasteiger partial charge in [-0.15, -0.1) is 11.3 Å². The SMILES string of the molecule is CCCCCCCn1cnc2c(sc3nc4c(cc32)COC(C)(C)C4)c1=O. The number of hydrogen-bond acceptors (Lipinski definition) is 5. The summed E-state index contributed by atoms with van der Waals surface area (Å²) < 4.78 is 8.40. The molecule has 0 amide bonds. The van der Waals surface area contributed by atoms with Gasteiger partial charge in [0.1, 0.15) is 9.53 Å². The molecule has 0 saturated heterocycles. The van der Waals surface area contributed by atoms with Gasteiger partial charge >= 0.3 is 0 Å². The predicted octanol–water partition coefficient (Wildman–Crippen LogP) is 4.83. The Kier molecular flexibility index (Phi) is 5.03. The molecular weight excluding hydrogens is 358 g/mol. The Bertz CT molecular complexity index is 1040. The normalized spacial score (nSPS) is 16.1. The maximum absolute atomic E-state index is 12.9. The molecule has 6 heteroatoms. The zero-order valence-corrected chi connectivity index (χ0v) is 17.2. The van der Waals surface area contributed by atoms with Crippen molar-refractivity contribution < 1.29 is 4.74 Å². The zero-order chi connectivity index (χ0) is 19.0. The summed E-state index contributed by atoms with van der Waals surface area (Å²) in [6, 6.07) is 2.12. The summed E-state index contributed by atoms with van der Waals surface area (Å²) in [5.74, 6) is 0. The molecule has 1 aliphatic heterocycles. The van der Waals surface area contributed by atoms with E-state index in [4.69, 9.17) is 9.72 Å². The molecule has 0 bridgehead atoms. The van der Waals surface area contributed by atoms with E-state index in [9.17, 15) is 4.79 Å². The molecule has 0 unspecified atom stereocenters. The number of ether oxygens (including phenoxy) is 1. The number of fused-ring (bicyclic) bond motifs is 4. The highest BCUT2D eigenvalue weighted by Gasteiger charge is 2.28. The number of hydrogen-bond donors (Lipinski definition) is 0. The molecule has 4 rings (SSSR count). The number of aromatic nitrogens is 3. The van der Waals surface area contributed by atoms with Crippen LogP contribution in [0.1, 0.15) is 64.1 Å². The third-order valence-electron chi connectivity index (χ3n) is 5.32. The van der Waals surface area contributed by atoms with Gasteiger partial charge in [-0.3, -0.25) is 9.36 Å². The predicted molar refractivity (Wildman–Crippen MR) is 111 cm³/mol. The van der Waals surface area contributed by atoms with E-state index in [2.05, 4.69) is 31.8 Å². The van der Waals surface area contributed by atoms with Gasteiger partial charge in [-0.1, -0.05) is 32.6 Å². The number of nitrogens with zero attached hydrogens (tertiary/aromatic N) is 3. The molecule has 144 valence electrons. The van der Waals surface area contributed by atoms with E-state index < -0.39 is 0 Å². The topological polar surface area (TPSA) is 57.0 Å². The van der Waals surface area contributed by atoms with Crippen LogP contribution in [0.15, 0.2) is 17.2 Å². The number of rotatable bonds is 6. The van der Waals surface area contributed by atoms with Crippen molar-refractivity contribution in [2.75, 3.05) is 0 Å². The molecule has 0 radical (unpaired) electrons. The molecule has 0 N–H and O–H groups in total. The molecule has 1 aliphatic rings. The third-order valence-corrected chi connectivity index (χ3v) is 6.40. The van der Waals surface area contributed by atoms with Crippen molar-refractivity contribution in [3.8, 4) is 0 Å². The van der Waals surface area contributed by atoms with Crippen LogP contribution in [0.5, 0.6) is 0 Å². The summed E-state index contributed by atoms with van der Waals surface area (Å²) in [4.78, 5) is 23.3. The van der Waals surface area contributed by atoms with Crippen LogP contribution in [-0.4, -0.2) is 20.1 Å². The highest BCUT2D eigenvalue weighted by atomic mass is 32.1. The summed E-state index contributed by atoms with van der Waals surface area (Å²) in [7, 11) is 0. The Morgan fingerprint density at radius 3 is 2.89 bits per heavy atom. The lowest BCUT2D eigenvalue weighted by molar-refractivity contribution is -0.0411. The van der Waals surface area contributed by atoms with Gasteiger partial charge in [-0.05, 0) is 26.3 Å². The van der Waals surface area contributed by atoms with Gasteiger partial charge in [0.2, 0.25) is 0 Å². The van der Waals surface area contributed by atoms with Gasteiger partial charge in [0.15, 0.2) is 0 Å². The van der Waals surface area contributed by atoms with Gasteiger partial charge in [-0.25, -0.2) is 9.97 Å². The fourth-order valence-corrected chi connectivity index (χ4v) is 4.80. The lowest BCUT2D eigenvalue weighted by atomic mass is 9.95. The van der Waals surface area contributed by atoms with Crippen LogP contribution < -0.4 is 5.56 Å². The molecule has 5 nitrogen and oxygen atoms in total. The third kappa shape index (κ3) is 3.65. The summed E-state index contributed by atoms with van der Waals surface area (Å²) in [5.41, 5.74) is 2.85. The Morgan fingerprint density at radius 2 is 2.07 bits per heavy atom. The second-order valence-electron chi connectivity index (χ2n) is 8.11. The van der Waals surface area contributed by atoms with E-state index in [1.54, 1.807) is 10.9 Å². The Hall–Kier alpha value is -1.79. The first kappa shape index (κ1) is 18.6. The maximum Gasteiger partial charge on any atom is 0.271 e. The number of aryl methyl sites for hydroxylation is 1. The monoisotopic (exact) mass is 385 g/mol. The van der Waals surface area contributed by atoms with Crippen LogP contribution in [0.2, 0.25) is 0 Å².